The molecular weight excluding hydrogens is 973 g/mol. The quantitative estimate of drug-likeness (QED) is 0.0228. The minimum atomic E-state index is -1.93. The molecule has 0 aromatic rings. The van der Waals surface area contributed by atoms with Crippen molar-refractivity contribution >= 4 is 23.9 Å². The van der Waals surface area contributed by atoms with E-state index in [2.05, 4.69) is 148 Å². The zero-order chi connectivity index (χ0) is 56.1. The van der Waals surface area contributed by atoms with Crippen LogP contribution in [0.5, 0.6) is 0 Å². The molecule has 0 saturated carbocycles. The van der Waals surface area contributed by atoms with Gasteiger partial charge in [0.2, 0.25) is 0 Å². The van der Waals surface area contributed by atoms with Gasteiger partial charge in [0.15, 0.2) is 24.6 Å². The van der Waals surface area contributed by atoms with Crippen LogP contribution < -0.4 is 0 Å². The van der Waals surface area contributed by atoms with Crippen molar-refractivity contribution in [2.45, 2.75) is 237 Å². The molecule has 3 N–H and O–H groups in total. The van der Waals surface area contributed by atoms with Crippen LogP contribution in [0.25, 0.3) is 0 Å². The minimum Gasteiger partial charge on any atom is -0.479 e. The van der Waals surface area contributed by atoms with Crippen molar-refractivity contribution in [3.63, 3.8) is 0 Å². The molecule has 12 heteroatoms. The average molecular weight is 1070 g/mol. The summed E-state index contributed by atoms with van der Waals surface area (Å²) >= 11 is 0. The Morgan fingerprint density at radius 1 is 0.429 bits per heavy atom. The highest BCUT2D eigenvalue weighted by Crippen LogP contribution is 2.26. The molecular formula is C65H100O12. The van der Waals surface area contributed by atoms with E-state index < -0.39 is 67.3 Å². The number of carboxylic acid groups (broad SMARTS) is 1. The number of carbonyl (C=O) groups is 4. The Labute approximate surface area is 464 Å². The van der Waals surface area contributed by atoms with Crippen LogP contribution in [0.2, 0.25) is 0 Å². The van der Waals surface area contributed by atoms with E-state index in [4.69, 9.17) is 23.7 Å². The van der Waals surface area contributed by atoms with Gasteiger partial charge < -0.3 is 39.0 Å². The van der Waals surface area contributed by atoms with Crippen LogP contribution in [0.1, 0.15) is 201 Å². The molecule has 1 rings (SSSR count). The summed E-state index contributed by atoms with van der Waals surface area (Å²) < 4.78 is 28.3. The molecule has 0 bridgehead atoms. The van der Waals surface area contributed by atoms with Gasteiger partial charge in [0.05, 0.1) is 6.61 Å². The fraction of sp³-hybridized carbons (Fsp3) is 0.600. The Morgan fingerprint density at radius 3 is 1.22 bits per heavy atom. The van der Waals surface area contributed by atoms with E-state index in [1.165, 1.54) is 0 Å². The second-order valence-electron chi connectivity index (χ2n) is 19.1. The van der Waals surface area contributed by atoms with E-state index in [0.29, 0.717) is 25.7 Å². The number of hydrogen-bond donors (Lipinski definition) is 3. The summed E-state index contributed by atoms with van der Waals surface area (Å²) in [4.78, 5) is 51.1. The fourth-order valence-electron chi connectivity index (χ4n) is 7.84. The number of carboxylic acids is 1. The van der Waals surface area contributed by atoms with Gasteiger partial charge >= 0.3 is 23.9 Å². The molecule has 0 amide bonds. The molecule has 1 aliphatic rings. The van der Waals surface area contributed by atoms with Crippen molar-refractivity contribution in [1.29, 1.82) is 0 Å². The zero-order valence-corrected chi connectivity index (χ0v) is 47.4. The van der Waals surface area contributed by atoms with Gasteiger partial charge in [-0.2, -0.15) is 0 Å². The molecule has 6 atom stereocenters. The van der Waals surface area contributed by atoms with Gasteiger partial charge in [-0.1, -0.05) is 193 Å². The first kappa shape index (κ1) is 69.9. The van der Waals surface area contributed by atoms with E-state index in [0.717, 1.165) is 135 Å². The summed E-state index contributed by atoms with van der Waals surface area (Å²) in [5.41, 5.74) is 0. The molecule has 12 nitrogen and oxygen atoms in total. The lowest BCUT2D eigenvalue weighted by molar-refractivity contribution is -0.301. The third-order valence-corrected chi connectivity index (χ3v) is 12.2. The molecule has 1 aliphatic heterocycles. The number of unbranched alkanes of at least 4 members (excludes halogenated alkanes) is 11. The number of ether oxygens (including phenoxy) is 5. The normalized spacial score (nSPS) is 19.0. The van der Waals surface area contributed by atoms with Gasteiger partial charge in [-0.05, 0) is 122 Å². The number of aliphatic hydroxyl groups excluding tert-OH is 2. The largest absolute Gasteiger partial charge is 0.479 e. The summed E-state index contributed by atoms with van der Waals surface area (Å²) in [6.45, 7) is 5.56. The first-order valence-corrected chi connectivity index (χ1v) is 29.2. The molecule has 1 heterocycles. The number of esters is 3. The lowest BCUT2D eigenvalue weighted by atomic mass is 9.98. The number of allylic oxidation sites excluding steroid dienone is 22. The molecule has 6 unspecified atom stereocenters. The molecule has 1 fully saturated rings. The lowest BCUT2D eigenvalue weighted by Crippen LogP contribution is -2.61. The van der Waals surface area contributed by atoms with Gasteiger partial charge in [-0.15, -0.1) is 0 Å². The van der Waals surface area contributed by atoms with Crippen molar-refractivity contribution in [1.82, 2.24) is 0 Å². The van der Waals surface area contributed by atoms with Crippen molar-refractivity contribution in [2.75, 3.05) is 13.2 Å². The number of hydrogen-bond acceptors (Lipinski definition) is 11. The van der Waals surface area contributed by atoms with Crippen molar-refractivity contribution in [3.05, 3.63) is 134 Å². The van der Waals surface area contributed by atoms with Gasteiger partial charge in [0.25, 0.3) is 0 Å². The Bertz CT molecular complexity index is 1850. The second kappa shape index (κ2) is 51.6. The van der Waals surface area contributed by atoms with E-state index >= 15 is 0 Å². The summed E-state index contributed by atoms with van der Waals surface area (Å²) in [6, 6.07) is 0. The SMILES string of the molecule is CC/C=C\C/C=C\C/C=C\C/C=C\C/C=C\CCCC(=O)OCC(COC1OC(C(=O)O)C(O)C(O)C1OC(=O)CCCCCCC/C=C\C/C=C\C/C=C\CC)OC(=O)CCCCCCC/C=C\C/C=C\C/C=C\CC. The maximum absolute atomic E-state index is 13.1. The van der Waals surface area contributed by atoms with Crippen LogP contribution in [0.4, 0.5) is 0 Å². The van der Waals surface area contributed by atoms with Crippen LogP contribution in [0.3, 0.4) is 0 Å². The maximum Gasteiger partial charge on any atom is 0.335 e. The Kier molecular flexibility index (Phi) is 46.8. The topological polar surface area (TPSA) is 175 Å². The monoisotopic (exact) mass is 1070 g/mol. The molecule has 0 aromatic carbocycles. The molecule has 0 aromatic heterocycles. The van der Waals surface area contributed by atoms with Crippen molar-refractivity contribution < 1.29 is 58.2 Å². The van der Waals surface area contributed by atoms with E-state index in [1.807, 2.05) is 6.08 Å². The first-order valence-electron chi connectivity index (χ1n) is 29.2. The van der Waals surface area contributed by atoms with E-state index in [9.17, 15) is 34.5 Å². The van der Waals surface area contributed by atoms with E-state index in [1.54, 1.807) is 0 Å². The minimum absolute atomic E-state index is 0.0256. The maximum atomic E-state index is 13.1. The molecule has 77 heavy (non-hydrogen) atoms. The molecule has 1 saturated heterocycles. The average Bonchev–Trinajstić information content (AvgIpc) is 3.42. The highest BCUT2D eigenvalue weighted by Gasteiger charge is 2.50. The van der Waals surface area contributed by atoms with Crippen LogP contribution in [0, 0.1) is 0 Å². The zero-order valence-electron chi connectivity index (χ0n) is 47.4. The highest BCUT2D eigenvalue weighted by atomic mass is 16.7. The smallest absolute Gasteiger partial charge is 0.335 e. The Morgan fingerprint density at radius 2 is 0.792 bits per heavy atom. The molecule has 0 radical (unpaired) electrons. The number of carbonyl (C=O) groups excluding carboxylic acids is 3. The molecule has 432 valence electrons. The van der Waals surface area contributed by atoms with Crippen LogP contribution in [0.15, 0.2) is 134 Å². The van der Waals surface area contributed by atoms with Crippen LogP contribution >= 0.6 is 0 Å². The lowest BCUT2D eigenvalue weighted by Gasteiger charge is -2.40. The number of rotatable bonds is 47. The summed E-state index contributed by atoms with van der Waals surface area (Å²) in [5.74, 6) is -3.27. The van der Waals surface area contributed by atoms with Crippen molar-refractivity contribution in [2.24, 2.45) is 0 Å². The second-order valence-corrected chi connectivity index (χ2v) is 19.1. The van der Waals surface area contributed by atoms with Gasteiger partial charge in [0, 0.05) is 19.3 Å². The standard InChI is InChI=1S/C65H100O12/c1-4-7-10-13-16-19-22-25-28-29-32-33-36-39-42-45-48-51-57(66)73-54-56(75-58(67)52-49-46-43-40-37-34-30-26-23-20-17-14-11-8-5-2)55-74-65-63(61(70)60(69)62(77-65)64(71)72)76-59(68)53-50-47-44-41-38-35-31-27-24-21-18-15-12-9-6-3/h7-12,16-21,25-28,30-33,39,42,56,60-63,65,69-70H,4-6,13-15,22-24,29,34-38,40-41,43-55H2,1-3H3,(H,71,72)/b10-7-,11-8-,12-9-,19-16-,20-17-,21-18-,28-25-,30-26-,31-27-,33-32-,42-39-. The summed E-state index contributed by atoms with van der Waals surface area (Å²) in [7, 11) is 0. The van der Waals surface area contributed by atoms with Gasteiger partial charge in [0.1, 0.15) is 18.8 Å². The fourth-order valence-corrected chi connectivity index (χ4v) is 7.84. The van der Waals surface area contributed by atoms with Crippen LogP contribution in [-0.4, -0.2) is 89.2 Å². The predicted octanol–water partition coefficient (Wildman–Crippen LogP) is 15.0. The third-order valence-electron chi connectivity index (χ3n) is 12.2. The van der Waals surface area contributed by atoms with Crippen LogP contribution in [-0.2, 0) is 42.9 Å². The highest BCUT2D eigenvalue weighted by molar-refractivity contribution is 5.74. The summed E-state index contributed by atoms with van der Waals surface area (Å²) in [5, 5.41) is 31.5. The van der Waals surface area contributed by atoms with Gasteiger partial charge in [-0.25, -0.2) is 4.79 Å². The van der Waals surface area contributed by atoms with Crippen molar-refractivity contribution in [3.8, 4) is 0 Å². The summed E-state index contributed by atoms with van der Waals surface area (Å²) in [6.07, 6.45) is 60.0. The Hall–Kier alpha value is -5.14. The predicted molar refractivity (Wildman–Crippen MR) is 312 cm³/mol. The number of aliphatic carboxylic acids is 1. The molecule has 0 aliphatic carbocycles. The Balaban J connectivity index is 2.77. The third kappa shape index (κ3) is 41.6. The first-order chi connectivity index (χ1) is 37.6. The van der Waals surface area contributed by atoms with Gasteiger partial charge in [-0.3, -0.25) is 14.4 Å². The number of aliphatic hydroxyl groups is 2. The van der Waals surface area contributed by atoms with E-state index in [-0.39, 0.29) is 25.9 Å². The molecule has 0 spiro atoms.